The molecule has 1 aromatic carbocycles. The van der Waals surface area contributed by atoms with Gasteiger partial charge in [-0.2, -0.15) is 0 Å². The molecule has 5 heteroatoms. The summed E-state index contributed by atoms with van der Waals surface area (Å²) in [6.07, 6.45) is 0.434. The Balaban J connectivity index is 2.09. The minimum atomic E-state index is -0.166. The molecule has 0 bridgehead atoms. The largest absolute Gasteiger partial charge is 0.395 e. The van der Waals surface area contributed by atoms with E-state index in [0.717, 1.165) is 16.1 Å². The summed E-state index contributed by atoms with van der Waals surface area (Å²) >= 11 is 7.22. The summed E-state index contributed by atoms with van der Waals surface area (Å²) in [5.41, 5.74) is 1.65. The lowest BCUT2D eigenvalue weighted by molar-refractivity contribution is 0.103. The third-order valence-corrected chi connectivity index (χ3v) is 3.95. The first kappa shape index (κ1) is 15.6. The van der Waals surface area contributed by atoms with E-state index in [2.05, 4.69) is 17.2 Å². The summed E-state index contributed by atoms with van der Waals surface area (Å²) in [6.45, 7) is 1.93. The molecule has 0 unspecified atom stereocenters. The Hall–Kier alpha value is -1.80. The molecule has 0 aliphatic carbocycles. The van der Waals surface area contributed by atoms with E-state index in [1.165, 1.54) is 11.3 Å². The number of anilines is 1. The van der Waals surface area contributed by atoms with Crippen molar-refractivity contribution in [2.75, 3.05) is 11.9 Å². The number of hydrogen-bond donors (Lipinski definition) is 2. The van der Waals surface area contributed by atoms with Crippen LogP contribution in [0.2, 0.25) is 5.02 Å². The van der Waals surface area contributed by atoms with Gasteiger partial charge in [-0.05, 0) is 42.8 Å². The lowest BCUT2D eigenvalue weighted by atomic mass is 10.2. The van der Waals surface area contributed by atoms with Crippen molar-refractivity contribution < 1.29 is 9.90 Å². The highest BCUT2D eigenvalue weighted by Gasteiger charge is 2.10. The Morgan fingerprint density at radius 2 is 2.19 bits per heavy atom. The molecule has 0 saturated heterocycles. The molecule has 0 saturated carbocycles. The summed E-state index contributed by atoms with van der Waals surface area (Å²) in [5, 5.41) is 12.2. The number of halogens is 1. The maximum Gasteiger partial charge on any atom is 0.265 e. The molecule has 0 aliphatic heterocycles. The first-order chi connectivity index (χ1) is 10.1. The quantitative estimate of drug-likeness (QED) is 0.848. The number of carbonyl (C=O) groups is 1. The molecule has 2 N–H and O–H groups in total. The van der Waals surface area contributed by atoms with Crippen LogP contribution in [-0.4, -0.2) is 17.6 Å². The normalized spacial score (nSPS) is 9.86. The molecule has 1 aromatic heterocycles. The molecule has 2 rings (SSSR count). The van der Waals surface area contributed by atoms with Crippen LogP contribution in [0, 0.1) is 18.8 Å². The molecule has 3 nitrogen and oxygen atoms in total. The number of aryl methyl sites for hydroxylation is 1. The molecule has 0 aliphatic rings. The number of aliphatic hydroxyl groups is 1. The molecule has 0 atom stereocenters. The smallest absolute Gasteiger partial charge is 0.265 e. The zero-order valence-corrected chi connectivity index (χ0v) is 13.0. The Kier molecular flexibility index (Phi) is 5.40. The number of benzene rings is 1. The van der Waals surface area contributed by atoms with Gasteiger partial charge in [0.05, 0.1) is 16.4 Å². The standard InChI is InChI=1S/C16H14ClNO2S/c1-11-10-12(17)5-7-14(11)18-16(20)15-8-6-13(21-15)4-2-3-9-19/h5-8,10,19H,3,9H2,1H3,(H,18,20). The first-order valence-electron chi connectivity index (χ1n) is 6.37. The molecule has 0 radical (unpaired) electrons. The summed E-state index contributed by atoms with van der Waals surface area (Å²) in [4.78, 5) is 13.6. The van der Waals surface area contributed by atoms with E-state index < -0.39 is 0 Å². The van der Waals surface area contributed by atoms with Gasteiger partial charge in [0.25, 0.3) is 5.91 Å². The average Bonchev–Trinajstić information content (AvgIpc) is 2.91. The van der Waals surface area contributed by atoms with Crippen LogP contribution < -0.4 is 5.32 Å². The maximum atomic E-state index is 12.2. The fourth-order valence-electron chi connectivity index (χ4n) is 1.68. The summed E-state index contributed by atoms with van der Waals surface area (Å²) in [6, 6.07) is 8.87. The fourth-order valence-corrected chi connectivity index (χ4v) is 2.69. The van der Waals surface area contributed by atoms with Gasteiger partial charge in [-0.25, -0.2) is 0 Å². The van der Waals surface area contributed by atoms with Crippen molar-refractivity contribution in [3.8, 4) is 11.8 Å². The Bertz CT molecular complexity index is 713. The molecule has 108 valence electrons. The highest BCUT2D eigenvalue weighted by Crippen LogP contribution is 2.22. The van der Waals surface area contributed by atoms with E-state index in [1.807, 2.05) is 6.92 Å². The van der Waals surface area contributed by atoms with Gasteiger partial charge in [-0.3, -0.25) is 4.79 Å². The Labute approximate surface area is 132 Å². The number of hydrogen-bond acceptors (Lipinski definition) is 3. The highest BCUT2D eigenvalue weighted by molar-refractivity contribution is 7.14. The van der Waals surface area contributed by atoms with Crippen LogP contribution >= 0.6 is 22.9 Å². The first-order valence-corrected chi connectivity index (χ1v) is 7.56. The van der Waals surface area contributed by atoms with E-state index in [-0.39, 0.29) is 12.5 Å². The summed E-state index contributed by atoms with van der Waals surface area (Å²) in [5.74, 6) is 5.58. The summed E-state index contributed by atoms with van der Waals surface area (Å²) in [7, 11) is 0. The van der Waals surface area contributed by atoms with Crippen LogP contribution in [0.4, 0.5) is 5.69 Å². The summed E-state index contributed by atoms with van der Waals surface area (Å²) < 4.78 is 0. The zero-order chi connectivity index (χ0) is 15.2. The van der Waals surface area contributed by atoms with Gasteiger partial charge in [-0.1, -0.05) is 23.4 Å². The topological polar surface area (TPSA) is 49.3 Å². The van der Waals surface area contributed by atoms with E-state index in [1.54, 1.807) is 30.3 Å². The third kappa shape index (κ3) is 4.33. The van der Waals surface area contributed by atoms with Crippen LogP contribution in [0.5, 0.6) is 0 Å². The molecule has 0 fully saturated rings. The predicted molar refractivity (Wildman–Crippen MR) is 87.0 cm³/mol. The number of rotatable bonds is 3. The molecule has 2 aromatic rings. The van der Waals surface area contributed by atoms with Crippen molar-refractivity contribution in [2.24, 2.45) is 0 Å². The van der Waals surface area contributed by atoms with E-state index in [9.17, 15) is 4.79 Å². The van der Waals surface area contributed by atoms with Crippen molar-refractivity contribution in [3.05, 3.63) is 50.7 Å². The van der Waals surface area contributed by atoms with E-state index in [4.69, 9.17) is 16.7 Å². The van der Waals surface area contributed by atoms with Crippen LogP contribution in [0.3, 0.4) is 0 Å². The molecular weight excluding hydrogens is 306 g/mol. The van der Waals surface area contributed by atoms with Gasteiger partial charge < -0.3 is 10.4 Å². The van der Waals surface area contributed by atoms with Crippen molar-refractivity contribution in [2.45, 2.75) is 13.3 Å². The highest BCUT2D eigenvalue weighted by atomic mass is 35.5. The zero-order valence-electron chi connectivity index (χ0n) is 11.4. The van der Waals surface area contributed by atoms with Crippen LogP contribution in [-0.2, 0) is 0 Å². The lowest BCUT2D eigenvalue weighted by Crippen LogP contribution is -2.10. The SMILES string of the molecule is Cc1cc(Cl)ccc1NC(=O)c1ccc(C#CCCO)s1. The second-order valence-corrected chi connectivity index (χ2v) is 5.87. The predicted octanol–water partition coefficient (Wildman–Crippen LogP) is 3.70. The third-order valence-electron chi connectivity index (χ3n) is 2.71. The molecular formula is C16H14ClNO2S. The molecule has 1 amide bonds. The monoisotopic (exact) mass is 319 g/mol. The van der Waals surface area contributed by atoms with Crippen LogP contribution in [0.25, 0.3) is 0 Å². The van der Waals surface area contributed by atoms with Gasteiger partial charge in [0.1, 0.15) is 0 Å². The van der Waals surface area contributed by atoms with Crippen molar-refractivity contribution in [1.82, 2.24) is 0 Å². The lowest BCUT2D eigenvalue weighted by Gasteiger charge is -2.07. The van der Waals surface area contributed by atoms with Crippen molar-refractivity contribution in [3.63, 3.8) is 0 Å². The van der Waals surface area contributed by atoms with Gasteiger partial charge in [0.15, 0.2) is 0 Å². The fraction of sp³-hybridized carbons (Fsp3) is 0.188. The number of carbonyl (C=O) groups excluding carboxylic acids is 1. The minimum absolute atomic E-state index is 0.0432. The Morgan fingerprint density at radius 3 is 2.90 bits per heavy atom. The average molecular weight is 320 g/mol. The number of amides is 1. The molecule has 0 spiro atoms. The number of nitrogens with one attached hydrogen (secondary N) is 1. The van der Waals surface area contributed by atoms with E-state index in [0.29, 0.717) is 16.3 Å². The minimum Gasteiger partial charge on any atom is -0.395 e. The van der Waals surface area contributed by atoms with E-state index >= 15 is 0 Å². The van der Waals surface area contributed by atoms with Gasteiger partial charge in [0.2, 0.25) is 0 Å². The number of thiophene rings is 1. The van der Waals surface area contributed by atoms with Gasteiger partial charge in [0, 0.05) is 17.1 Å². The Morgan fingerprint density at radius 1 is 1.38 bits per heavy atom. The van der Waals surface area contributed by atoms with Crippen LogP contribution in [0.15, 0.2) is 30.3 Å². The van der Waals surface area contributed by atoms with Crippen molar-refractivity contribution in [1.29, 1.82) is 0 Å². The van der Waals surface area contributed by atoms with Crippen LogP contribution in [0.1, 0.15) is 26.5 Å². The second kappa shape index (κ2) is 7.28. The second-order valence-electron chi connectivity index (χ2n) is 4.35. The van der Waals surface area contributed by atoms with Gasteiger partial charge in [-0.15, -0.1) is 11.3 Å². The number of aliphatic hydroxyl groups excluding tert-OH is 1. The van der Waals surface area contributed by atoms with Gasteiger partial charge >= 0.3 is 0 Å². The molecule has 1 heterocycles. The van der Waals surface area contributed by atoms with Crippen molar-refractivity contribution >= 4 is 34.5 Å². The maximum absolute atomic E-state index is 12.2. The molecule has 21 heavy (non-hydrogen) atoms.